The van der Waals surface area contributed by atoms with Crippen molar-refractivity contribution in [3.8, 4) is 0 Å². The first-order valence-corrected chi connectivity index (χ1v) is 3.92. The van der Waals surface area contributed by atoms with Gasteiger partial charge in [-0.3, -0.25) is 4.68 Å². The number of aryl methyl sites for hydroxylation is 1. The summed E-state index contributed by atoms with van der Waals surface area (Å²) in [6.45, 7) is 0. The van der Waals surface area contributed by atoms with Crippen molar-refractivity contribution in [1.82, 2.24) is 9.78 Å². The number of oxime groups is 1. The number of aromatic nitrogens is 2. The molecule has 4 nitrogen and oxygen atoms in total. The fourth-order valence-electron chi connectivity index (χ4n) is 1.39. The van der Waals surface area contributed by atoms with Gasteiger partial charge >= 0.3 is 0 Å². The van der Waals surface area contributed by atoms with E-state index in [-0.39, 0.29) is 0 Å². The number of rotatable bonds is 1. The van der Waals surface area contributed by atoms with Gasteiger partial charge in [0.25, 0.3) is 0 Å². The minimum atomic E-state index is 0.681. The lowest BCUT2D eigenvalue weighted by atomic mass is 10.2. The summed E-state index contributed by atoms with van der Waals surface area (Å²) in [7, 11) is 1.86. The van der Waals surface area contributed by atoms with Crippen molar-refractivity contribution in [1.29, 1.82) is 0 Å². The van der Waals surface area contributed by atoms with E-state index in [0.29, 0.717) is 5.69 Å². The van der Waals surface area contributed by atoms with E-state index in [9.17, 15) is 0 Å². The molecule has 1 N–H and O–H groups in total. The molecular formula is C9H9N3O. The molecule has 0 saturated carbocycles. The van der Waals surface area contributed by atoms with Crippen LogP contribution in [0.1, 0.15) is 5.69 Å². The van der Waals surface area contributed by atoms with Gasteiger partial charge in [0.2, 0.25) is 0 Å². The van der Waals surface area contributed by atoms with Crippen LogP contribution in [0.25, 0.3) is 10.9 Å². The monoisotopic (exact) mass is 175 g/mol. The first kappa shape index (κ1) is 7.79. The van der Waals surface area contributed by atoms with E-state index in [2.05, 4.69) is 10.3 Å². The van der Waals surface area contributed by atoms with E-state index in [4.69, 9.17) is 5.21 Å². The molecule has 1 aromatic carbocycles. The maximum absolute atomic E-state index is 8.41. The molecule has 0 spiro atoms. The third-order valence-electron chi connectivity index (χ3n) is 1.97. The summed E-state index contributed by atoms with van der Waals surface area (Å²) < 4.78 is 1.76. The Kier molecular flexibility index (Phi) is 1.73. The second kappa shape index (κ2) is 2.90. The summed E-state index contributed by atoms with van der Waals surface area (Å²) in [6.07, 6.45) is 1.34. The first-order valence-electron chi connectivity index (χ1n) is 3.92. The van der Waals surface area contributed by atoms with Crippen LogP contribution in [0.5, 0.6) is 0 Å². The number of benzene rings is 1. The molecule has 0 fully saturated rings. The molecule has 0 amide bonds. The molecule has 0 aliphatic rings. The lowest BCUT2D eigenvalue weighted by Gasteiger charge is -1.90. The Bertz CT molecular complexity index is 459. The SMILES string of the molecule is Cn1nc(C=NO)c2ccccc21. The van der Waals surface area contributed by atoms with Crippen LogP contribution in [-0.4, -0.2) is 21.2 Å². The van der Waals surface area contributed by atoms with Gasteiger partial charge < -0.3 is 5.21 Å². The van der Waals surface area contributed by atoms with Crippen LogP contribution in [0.4, 0.5) is 0 Å². The Hall–Kier alpha value is -1.84. The average molecular weight is 175 g/mol. The number of hydrogen-bond donors (Lipinski definition) is 1. The summed E-state index contributed by atoms with van der Waals surface area (Å²) >= 11 is 0. The highest BCUT2D eigenvalue weighted by Crippen LogP contribution is 2.15. The standard InChI is InChI=1S/C9H9N3O/c1-12-9-5-3-2-4-7(9)8(11-12)6-10-13/h2-6,13H,1H3. The summed E-state index contributed by atoms with van der Waals surface area (Å²) in [5.41, 5.74) is 1.71. The number of hydrogen-bond acceptors (Lipinski definition) is 3. The molecule has 0 bridgehead atoms. The minimum absolute atomic E-state index is 0.681. The van der Waals surface area contributed by atoms with Crippen LogP contribution in [0, 0.1) is 0 Å². The van der Waals surface area contributed by atoms with Crippen molar-refractivity contribution in [2.24, 2.45) is 12.2 Å². The maximum Gasteiger partial charge on any atom is 0.115 e. The van der Waals surface area contributed by atoms with Gasteiger partial charge in [-0.25, -0.2) is 0 Å². The molecule has 13 heavy (non-hydrogen) atoms. The van der Waals surface area contributed by atoms with Gasteiger partial charge in [0.05, 0.1) is 11.7 Å². The summed E-state index contributed by atoms with van der Waals surface area (Å²) in [5.74, 6) is 0. The molecule has 0 unspecified atom stereocenters. The normalized spacial score (nSPS) is 11.5. The zero-order chi connectivity index (χ0) is 9.26. The fourth-order valence-corrected chi connectivity index (χ4v) is 1.39. The molecule has 1 aromatic heterocycles. The highest BCUT2D eigenvalue weighted by Gasteiger charge is 2.04. The lowest BCUT2D eigenvalue weighted by molar-refractivity contribution is 0.321. The maximum atomic E-state index is 8.41. The molecule has 0 atom stereocenters. The van der Waals surface area contributed by atoms with Crippen LogP contribution in [0.3, 0.4) is 0 Å². The van der Waals surface area contributed by atoms with Crippen molar-refractivity contribution < 1.29 is 5.21 Å². The van der Waals surface area contributed by atoms with Crippen LogP contribution in [-0.2, 0) is 7.05 Å². The number of fused-ring (bicyclic) bond motifs is 1. The quantitative estimate of drug-likeness (QED) is 0.404. The van der Waals surface area contributed by atoms with Crippen LogP contribution < -0.4 is 0 Å². The number of para-hydroxylation sites is 1. The van der Waals surface area contributed by atoms with E-state index in [0.717, 1.165) is 10.9 Å². The van der Waals surface area contributed by atoms with E-state index < -0.39 is 0 Å². The molecule has 66 valence electrons. The molecule has 4 heteroatoms. The number of nitrogens with zero attached hydrogens (tertiary/aromatic N) is 3. The summed E-state index contributed by atoms with van der Waals surface area (Å²) in [4.78, 5) is 0. The van der Waals surface area contributed by atoms with Crippen molar-refractivity contribution in [2.75, 3.05) is 0 Å². The van der Waals surface area contributed by atoms with E-state index in [1.165, 1.54) is 6.21 Å². The van der Waals surface area contributed by atoms with E-state index in [1.807, 2.05) is 31.3 Å². The predicted octanol–water partition coefficient (Wildman–Crippen LogP) is 1.38. The Morgan fingerprint density at radius 1 is 1.46 bits per heavy atom. The van der Waals surface area contributed by atoms with Crippen LogP contribution in [0.2, 0.25) is 0 Å². The Morgan fingerprint density at radius 3 is 3.00 bits per heavy atom. The first-order chi connectivity index (χ1) is 6.33. The predicted molar refractivity (Wildman–Crippen MR) is 50.1 cm³/mol. The minimum Gasteiger partial charge on any atom is -0.411 e. The highest BCUT2D eigenvalue weighted by atomic mass is 16.4. The van der Waals surface area contributed by atoms with E-state index >= 15 is 0 Å². The van der Waals surface area contributed by atoms with Crippen molar-refractivity contribution in [3.63, 3.8) is 0 Å². The zero-order valence-electron chi connectivity index (χ0n) is 7.18. The Morgan fingerprint density at radius 2 is 2.23 bits per heavy atom. The van der Waals surface area contributed by atoms with Gasteiger partial charge in [-0.15, -0.1) is 0 Å². The van der Waals surface area contributed by atoms with Crippen molar-refractivity contribution in [3.05, 3.63) is 30.0 Å². The molecule has 2 rings (SSSR count). The second-order valence-electron chi connectivity index (χ2n) is 2.77. The highest BCUT2D eigenvalue weighted by molar-refractivity contribution is 5.96. The molecule has 0 aliphatic carbocycles. The third kappa shape index (κ3) is 1.16. The fraction of sp³-hybridized carbons (Fsp3) is 0.111. The van der Waals surface area contributed by atoms with Crippen molar-refractivity contribution >= 4 is 17.1 Å². The zero-order valence-corrected chi connectivity index (χ0v) is 7.18. The van der Waals surface area contributed by atoms with Gasteiger partial charge in [-0.2, -0.15) is 5.10 Å². The smallest absolute Gasteiger partial charge is 0.115 e. The third-order valence-corrected chi connectivity index (χ3v) is 1.97. The van der Waals surface area contributed by atoms with Gasteiger partial charge in [0.1, 0.15) is 5.69 Å². The lowest BCUT2D eigenvalue weighted by Crippen LogP contribution is -1.90. The Balaban J connectivity index is 2.77. The van der Waals surface area contributed by atoms with Crippen molar-refractivity contribution in [2.45, 2.75) is 0 Å². The van der Waals surface area contributed by atoms with Gasteiger partial charge in [0, 0.05) is 12.4 Å². The average Bonchev–Trinajstić information content (AvgIpc) is 2.46. The summed E-state index contributed by atoms with van der Waals surface area (Å²) in [6, 6.07) is 7.79. The Labute approximate surface area is 75.1 Å². The van der Waals surface area contributed by atoms with Gasteiger partial charge in [0.15, 0.2) is 0 Å². The molecule has 0 aliphatic heterocycles. The summed E-state index contributed by atoms with van der Waals surface area (Å²) in [5, 5.41) is 16.6. The molecule has 0 radical (unpaired) electrons. The van der Waals surface area contributed by atoms with Crippen LogP contribution >= 0.6 is 0 Å². The van der Waals surface area contributed by atoms with Gasteiger partial charge in [-0.05, 0) is 6.07 Å². The molecule has 1 heterocycles. The largest absolute Gasteiger partial charge is 0.411 e. The topological polar surface area (TPSA) is 50.4 Å². The second-order valence-corrected chi connectivity index (χ2v) is 2.77. The molecule has 0 saturated heterocycles. The van der Waals surface area contributed by atoms with Gasteiger partial charge in [-0.1, -0.05) is 23.4 Å². The molecular weight excluding hydrogens is 166 g/mol. The molecule has 2 aromatic rings. The van der Waals surface area contributed by atoms with Crippen LogP contribution in [0.15, 0.2) is 29.4 Å². The van der Waals surface area contributed by atoms with E-state index in [1.54, 1.807) is 4.68 Å².